The lowest BCUT2D eigenvalue weighted by molar-refractivity contribution is -0.142. The van der Waals surface area contributed by atoms with Crippen molar-refractivity contribution in [2.45, 2.75) is 39.0 Å². The highest BCUT2D eigenvalue weighted by Crippen LogP contribution is 2.30. The Kier molecular flexibility index (Phi) is 3.96. The minimum Gasteiger partial charge on any atom is -0.465 e. The molecule has 0 atom stereocenters. The van der Waals surface area contributed by atoms with E-state index >= 15 is 0 Å². The van der Waals surface area contributed by atoms with Crippen LogP contribution in [0.15, 0.2) is 18.2 Å². The zero-order valence-electron chi connectivity index (χ0n) is 12.5. The molecule has 0 amide bonds. The first-order chi connectivity index (χ1) is 10.6. The van der Waals surface area contributed by atoms with Crippen molar-refractivity contribution in [3.63, 3.8) is 0 Å². The fraction of sp³-hybridized carbons (Fsp3) is 0.412. The molecule has 0 saturated heterocycles. The lowest BCUT2D eigenvalue weighted by atomic mass is 9.92. The highest BCUT2D eigenvalue weighted by molar-refractivity contribution is 5.86. The Morgan fingerprint density at radius 2 is 2.18 bits per heavy atom. The molecule has 3 rings (SSSR count). The number of esters is 1. The summed E-state index contributed by atoms with van der Waals surface area (Å²) < 4.78 is 20.8. The number of pyridine rings is 1. The van der Waals surface area contributed by atoms with Crippen LogP contribution in [0.3, 0.4) is 0 Å². The molecular weight excluding hydrogens is 285 g/mol. The van der Waals surface area contributed by atoms with E-state index in [1.807, 2.05) is 6.92 Å². The second kappa shape index (κ2) is 5.91. The molecule has 0 unspecified atom stereocenters. The van der Waals surface area contributed by atoms with Gasteiger partial charge in [-0.2, -0.15) is 4.39 Å². The van der Waals surface area contributed by atoms with E-state index in [1.54, 1.807) is 12.1 Å². The van der Waals surface area contributed by atoms with Crippen LogP contribution in [0.25, 0.3) is 5.52 Å². The fourth-order valence-electron chi connectivity index (χ4n) is 3.09. The van der Waals surface area contributed by atoms with Crippen LogP contribution in [0, 0.1) is 5.95 Å². The quantitative estimate of drug-likeness (QED) is 0.644. The van der Waals surface area contributed by atoms with Crippen molar-refractivity contribution in [1.82, 2.24) is 4.40 Å². The molecule has 4 nitrogen and oxygen atoms in total. The van der Waals surface area contributed by atoms with Crippen LogP contribution in [-0.4, -0.2) is 22.8 Å². The van der Waals surface area contributed by atoms with E-state index in [9.17, 15) is 14.0 Å². The van der Waals surface area contributed by atoms with Gasteiger partial charge in [-0.15, -0.1) is 0 Å². The number of ether oxygens (including phenoxy) is 1. The Hall–Kier alpha value is -2.17. The van der Waals surface area contributed by atoms with Crippen molar-refractivity contribution < 1.29 is 18.7 Å². The summed E-state index contributed by atoms with van der Waals surface area (Å²) in [5.41, 5.74) is 3.07. The molecule has 1 aliphatic carbocycles. The Balaban J connectivity index is 2.08. The van der Waals surface area contributed by atoms with Crippen LogP contribution in [0.4, 0.5) is 4.39 Å². The van der Waals surface area contributed by atoms with Crippen LogP contribution < -0.4 is 0 Å². The van der Waals surface area contributed by atoms with Gasteiger partial charge >= 0.3 is 5.97 Å². The smallest absolute Gasteiger partial charge is 0.310 e. The number of halogens is 1. The minimum absolute atomic E-state index is 0.107. The van der Waals surface area contributed by atoms with Crippen molar-refractivity contribution in [2.75, 3.05) is 6.61 Å². The van der Waals surface area contributed by atoms with E-state index in [0.717, 1.165) is 17.5 Å². The largest absolute Gasteiger partial charge is 0.465 e. The maximum absolute atomic E-state index is 14.2. The van der Waals surface area contributed by atoms with Gasteiger partial charge < -0.3 is 4.74 Å². The first-order valence-corrected chi connectivity index (χ1v) is 7.58. The van der Waals surface area contributed by atoms with Gasteiger partial charge in [-0.25, -0.2) is 0 Å². The molecule has 0 fully saturated rings. The maximum Gasteiger partial charge on any atom is 0.310 e. The Morgan fingerprint density at radius 3 is 2.95 bits per heavy atom. The van der Waals surface area contributed by atoms with Gasteiger partial charge in [0.2, 0.25) is 0 Å². The molecule has 0 saturated carbocycles. The first-order valence-electron chi connectivity index (χ1n) is 7.58. The molecule has 0 aliphatic heterocycles. The number of hydrogen-bond acceptors (Lipinski definition) is 3. The van der Waals surface area contributed by atoms with Gasteiger partial charge in [0.05, 0.1) is 18.5 Å². The number of fused-ring (bicyclic) bond motifs is 3. The standard InChI is InChI=1S/C17H18FNO3/c1-2-8-22-17(21)10-13-12-7-6-11(20)9-15(12)19-14(13)4-3-5-16(19)18/h3-5H,2,6-10H2,1H3. The summed E-state index contributed by atoms with van der Waals surface area (Å²) in [5.74, 6) is -0.606. The molecule has 0 N–H and O–H groups in total. The topological polar surface area (TPSA) is 47.8 Å². The molecule has 0 bridgehead atoms. The number of Topliss-reactive ketones (excluding diaryl/α,β-unsaturated/α-hetero) is 1. The van der Waals surface area contributed by atoms with E-state index in [1.165, 1.54) is 10.5 Å². The van der Waals surface area contributed by atoms with Gasteiger partial charge in [-0.3, -0.25) is 14.0 Å². The van der Waals surface area contributed by atoms with Crippen molar-refractivity contribution >= 4 is 17.3 Å². The van der Waals surface area contributed by atoms with Gasteiger partial charge in [0.1, 0.15) is 5.78 Å². The highest BCUT2D eigenvalue weighted by atomic mass is 19.1. The summed E-state index contributed by atoms with van der Waals surface area (Å²) in [7, 11) is 0. The monoisotopic (exact) mass is 303 g/mol. The third-order valence-electron chi connectivity index (χ3n) is 4.04. The van der Waals surface area contributed by atoms with E-state index < -0.39 is 5.95 Å². The van der Waals surface area contributed by atoms with Crippen LogP contribution >= 0.6 is 0 Å². The molecule has 2 aromatic rings. The summed E-state index contributed by atoms with van der Waals surface area (Å²) in [6, 6.07) is 4.78. The van der Waals surface area contributed by atoms with Crippen molar-refractivity contribution in [2.24, 2.45) is 0 Å². The molecule has 0 aromatic carbocycles. The van der Waals surface area contributed by atoms with Gasteiger partial charge in [0.25, 0.3) is 0 Å². The average Bonchev–Trinajstić information content (AvgIpc) is 2.80. The molecule has 5 heteroatoms. The average molecular weight is 303 g/mol. The molecular formula is C17H18FNO3. The second-order valence-electron chi connectivity index (χ2n) is 5.59. The SMILES string of the molecule is CCCOC(=O)Cc1c2c(n3c(F)cccc13)CC(=O)CC2. The third-order valence-corrected chi connectivity index (χ3v) is 4.04. The second-order valence-corrected chi connectivity index (χ2v) is 5.59. The summed E-state index contributed by atoms with van der Waals surface area (Å²) in [4.78, 5) is 23.7. The van der Waals surface area contributed by atoms with Gasteiger partial charge in [0, 0.05) is 18.5 Å². The van der Waals surface area contributed by atoms with E-state index in [-0.39, 0.29) is 24.6 Å². The molecule has 116 valence electrons. The summed E-state index contributed by atoms with van der Waals surface area (Å²) in [5, 5.41) is 0. The highest BCUT2D eigenvalue weighted by Gasteiger charge is 2.27. The number of aromatic nitrogens is 1. The number of nitrogens with zero attached hydrogens (tertiary/aromatic N) is 1. The number of hydrogen-bond donors (Lipinski definition) is 0. The molecule has 1 aliphatic rings. The molecule has 2 aromatic heterocycles. The predicted molar refractivity (Wildman–Crippen MR) is 79.3 cm³/mol. The first kappa shape index (κ1) is 14.8. The zero-order valence-corrected chi connectivity index (χ0v) is 12.5. The Morgan fingerprint density at radius 1 is 1.36 bits per heavy atom. The number of ketones is 1. The molecule has 2 heterocycles. The van der Waals surface area contributed by atoms with E-state index in [4.69, 9.17) is 4.74 Å². The van der Waals surface area contributed by atoms with Crippen molar-refractivity contribution in [3.8, 4) is 0 Å². The van der Waals surface area contributed by atoms with Crippen LogP contribution in [0.5, 0.6) is 0 Å². The molecule has 0 radical (unpaired) electrons. The normalized spacial score (nSPS) is 14.2. The van der Waals surface area contributed by atoms with Crippen molar-refractivity contribution in [3.05, 3.63) is 41.0 Å². The van der Waals surface area contributed by atoms with Crippen LogP contribution in [-0.2, 0) is 33.6 Å². The summed E-state index contributed by atoms with van der Waals surface area (Å²) in [6.45, 7) is 2.32. The lowest BCUT2D eigenvalue weighted by Gasteiger charge is -2.13. The molecule has 0 spiro atoms. The van der Waals surface area contributed by atoms with Crippen LogP contribution in [0.1, 0.15) is 36.6 Å². The fourth-order valence-corrected chi connectivity index (χ4v) is 3.09. The van der Waals surface area contributed by atoms with Gasteiger partial charge in [0.15, 0.2) is 5.95 Å². The zero-order chi connectivity index (χ0) is 15.7. The predicted octanol–water partition coefficient (Wildman–Crippen LogP) is 2.63. The van der Waals surface area contributed by atoms with E-state index in [0.29, 0.717) is 30.7 Å². The molecule has 22 heavy (non-hydrogen) atoms. The Bertz CT molecular complexity index is 748. The van der Waals surface area contributed by atoms with Crippen molar-refractivity contribution in [1.29, 1.82) is 0 Å². The minimum atomic E-state index is -0.406. The number of carbonyl (C=O) groups is 2. The summed E-state index contributed by atoms with van der Waals surface area (Å²) in [6.07, 6.45) is 2.12. The van der Waals surface area contributed by atoms with Gasteiger partial charge in [-0.05, 0) is 36.1 Å². The van der Waals surface area contributed by atoms with Gasteiger partial charge in [-0.1, -0.05) is 13.0 Å². The third kappa shape index (κ3) is 2.51. The number of carbonyl (C=O) groups excluding carboxylic acids is 2. The maximum atomic E-state index is 14.2. The Labute approximate surface area is 127 Å². The van der Waals surface area contributed by atoms with E-state index in [2.05, 4.69) is 0 Å². The number of rotatable bonds is 4. The summed E-state index contributed by atoms with van der Waals surface area (Å²) >= 11 is 0. The van der Waals surface area contributed by atoms with Crippen LogP contribution in [0.2, 0.25) is 0 Å². The lowest BCUT2D eigenvalue weighted by Crippen LogP contribution is -2.16.